The SMILES string of the molecule is COc1ccc(C(C)NC(=O)c2c[nH]c(=O)cc2O)cc1OC. The van der Waals surface area contributed by atoms with E-state index in [0.29, 0.717) is 11.5 Å². The number of H-pyrrole nitrogens is 1. The summed E-state index contributed by atoms with van der Waals surface area (Å²) in [6.07, 6.45) is 1.17. The molecule has 7 heteroatoms. The Bertz CT molecular complexity index is 769. The molecule has 1 heterocycles. The molecule has 23 heavy (non-hydrogen) atoms. The lowest BCUT2D eigenvalue weighted by Gasteiger charge is -2.16. The highest BCUT2D eigenvalue weighted by molar-refractivity contribution is 5.96. The molecule has 0 radical (unpaired) electrons. The highest BCUT2D eigenvalue weighted by Crippen LogP contribution is 2.30. The number of aromatic amines is 1. The van der Waals surface area contributed by atoms with Crippen molar-refractivity contribution in [2.75, 3.05) is 14.2 Å². The molecule has 0 fully saturated rings. The van der Waals surface area contributed by atoms with Crippen molar-refractivity contribution >= 4 is 5.91 Å². The van der Waals surface area contributed by atoms with Crippen molar-refractivity contribution in [3.63, 3.8) is 0 Å². The van der Waals surface area contributed by atoms with Crippen molar-refractivity contribution in [2.45, 2.75) is 13.0 Å². The van der Waals surface area contributed by atoms with Crippen molar-refractivity contribution in [1.82, 2.24) is 10.3 Å². The van der Waals surface area contributed by atoms with E-state index >= 15 is 0 Å². The van der Waals surface area contributed by atoms with Gasteiger partial charge in [0.25, 0.3) is 11.5 Å². The number of methoxy groups -OCH3 is 2. The number of hydrogen-bond donors (Lipinski definition) is 3. The Morgan fingerprint density at radius 2 is 1.91 bits per heavy atom. The van der Waals surface area contributed by atoms with Crippen LogP contribution in [0.2, 0.25) is 0 Å². The highest BCUT2D eigenvalue weighted by atomic mass is 16.5. The molecular weight excluding hydrogens is 300 g/mol. The van der Waals surface area contributed by atoms with Crippen LogP contribution in [0, 0.1) is 0 Å². The number of rotatable bonds is 5. The lowest BCUT2D eigenvalue weighted by Crippen LogP contribution is -2.27. The molecule has 2 rings (SSSR count). The molecular formula is C16H18N2O5. The van der Waals surface area contributed by atoms with Gasteiger partial charge in [-0.05, 0) is 24.6 Å². The second kappa shape index (κ2) is 6.87. The van der Waals surface area contributed by atoms with E-state index in [2.05, 4.69) is 10.3 Å². The molecule has 2 aromatic rings. The molecule has 7 nitrogen and oxygen atoms in total. The minimum absolute atomic E-state index is 0.00285. The second-order valence-corrected chi connectivity index (χ2v) is 4.91. The third-order valence-corrected chi connectivity index (χ3v) is 3.40. The number of amides is 1. The molecule has 122 valence electrons. The molecule has 0 bridgehead atoms. The van der Waals surface area contributed by atoms with Crippen LogP contribution in [0.4, 0.5) is 0 Å². The van der Waals surface area contributed by atoms with Gasteiger partial charge in [0.05, 0.1) is 25.8 Å². The van der Waals surface area contributed by atoms with Gasteiger partial charge in [-0.15, -0.1) is 0 Å². The molecule has 1 unspecified atom stereocenters. The van der Waals surface area contributed by atoms with Gasteiger partial charge in [-0.1, -0.05) is 6.07 Å². The van der Waals surface area contributed by atoms with E-state index in [0.717, 1.165) is 11.6 Å². The summed E-state index contributed by atoms with van der Waals surface area (Å²) in [5.74, 6) is 0.276. The van der Waals surface area contributed by atoms with Crippen LogP contribution in [0.5, 0.6) is 17.2 Å². The standard InChI is InChI=1S/C16H18N2O5/c1-9(10-4-5-13(22-2)14(6-10)23-3)18-16(21)11-8-17-15(20)7-12(11)19/h4-9H,1-3H3,(H,18,21)(H2,17,19,20). The number of aromatic nitrogens is 1. The number of ether oxygens (including phenoxy) is 2. The summed E-state index contributed by atoms with van der Waals surface area (Å²) in [6, 6.07) is 5.92. The van der Waals surface area contributed by atoms with Crippen molar-refractivity contribution < 1.29 is 19.4 Å². The summed E-state index contributed by atoms with van der Waals surface area (Å²) in [5, 5.41) is 12.4. The molecule has 1 aromatic carbocycles. The van der Waals surface area contributed by atoms with Crippen LogP contribution >= 0.6 is 0 Å². The van der Waals surface area contributed by atoms with Gasteiger partial charge in [-0.3, -0.25) is 9.59 Å². The first-order valence-corrected chi connectivity index (χ1v) is 6.90. The average Bonchev–Trinajstić information content (AvgIpc) is 2.53. The van der Waals surface area contributed by atoms with Crippen molar-refractivity contribution in [1.29, 1.82) is 0 Å². The Balaban J connectivity index is 2.19. The Hall–Kier alpha value is -2.96. The van der Waals surface area contributed by atoms with E-state index in [1.165, 1.54) is 13.3 Å². The maximum absolute atomic E-state index is 12.2. The third-order valence-electron chi connectivity index (χ3n) is 3.40. The van der Waals surface area contributed by atoms with Crippen molar-refractivity contribution in [3.05, 3.63) is 51.9 Å². The molecule has 1 aromatic heterocycles. The minimum Gasteiger partial charge on any atom is -0.507 e. The Morgan fingerprint density at radius 1 is 1.22 bits per heavy atom. The summed E-state index contributed by atoms with van der Waals surface area (Å²) in [4.78, 5) is 25.6. The number of benzene rings is 1. The number of carbonyl (C=O) groups excluding carboxylic acids is 1. The summed E-state index contributed by atoms with van der Waals surface area (Å²) in [6.45, 7) is 1.79. The molecule has 0 saturated heterocycles. The molecule has 0 aliphatic heterocycles. The third kappa shape index (κ3) is 3.63. The maximum atomic E-state index is 12.2. The quantitative estimate of drug-likeness (QED) is 0.777. The monoisotopic (exact) mass is 318 g/mol. The van der Waals surface area contributed by atoms with Crippen LogP contribution in [0.25, 0.3) is 0 Å². The largest absolute Gasteiger partial charge is 0.507 e. The molecule has 0 spiro atoms. The zero-order chi connectivity index (χ0) is 17.0. The van der Waals surface area contributed by atoms with Gasteiger partial charge >= 0.3 is 0 Å². The van der Waals surface area contributed by atoms with Gasteiger partial charge in [-0.2, -0.15) is 0 Å². The second-order valence-electron chi connectivity index (χ2n) is 4.91. The van der Waals surface area contributed by atoms with Gasteiger partial charge in [-0.25, -0.2) is 0 Å². The molecule has 0 aliphatic rings. The molecule has 0 saturated carbocycles. The van der Waals surface area contributed by atoms with E-state index in [4.69, 9.17) is 9.47 Å². The number of nitrogens with one attached hydrogen (secondary N) is 2. The number of pyridine rings is 1. The summed E-state index contributed by atoms with van der Waals surface area (Å²) in [5.41, 5.74) is 0.323. The van der Waals surface area contributed by atoms with Crippen molar-refractivity contribution in [2.24, 2.45) is 0 Å². The van der Waals surface area contributed by atoms with Crippen LogP contribution in [-0.2, 0) is 0 Å². The summed E-state index contributed by atoms with van der Waals surface area (Å²) < 4.78 is 10.4. The minimum atomic E-state index is -0.499. The fourth-order valence-corrected chi connectivity index (χ4v) is 2.12. The average molecular weight is 318 g/mol. The summed E-state index contributed by atoms with van der Waals surface area (Å²) in [7, 11) is 3.07. The lowest BCUT2D eigenvalue weighted by molar-refractivity contribution is 0.0936. The first-order valence-electron chi connectivity index (χ1n) is 6.90. The van der Waals surface area contributed by atoms with E-state index in [1.807, 2.05) is 0 Å². The predicted octanol–water partition coefficient (Wildman–Crippen LogP) is 1.59. The Labute approximate surface area is 132 Å². The normalized spacial score (nSPS) is 11.6. The van der Waals surface area contributed by atoms with E-state index in [-0.39, 0.29) is 17.4 Å². The molecule has 3 N–H and O–H groups in total. The van der Waals surface area contributed by atoms with Gasteiger partial charge in [0.2, 0.25) is 0 Å². The van der Waals surface area contributed by atoms with Crippen molar-refractivity contribution in [3.8, 4) is 17.2 Å². The first-order chi connectivity index (χ1) is 11.0. The fourth-order valence-electron chi connectivity index (χ4n) is 2.12. The van der Waals surface area contributed by atoms with Crippen LogP contribution < -0.4 is 20.3 Å². The smallest absolute Gasteiger partial charge is 0.257 e. The van der Waals surface area contributed by atoms with Gasteiger partial charge in [0.1, 0.15) is 5.75 Å². The number of hydrogen-bond acceptors (Lipinski definition) is 5. The van der Waals surface area contributed by atoms with Gasteiger partial charge in [0.15, 0.2) is 11.5 Å². The zero-order valence-electron chi connectivity index (χ0n) is 13.0. The lowest BCUT2D eigenvalue weighted by atomic mass is 10.1. The Kier molecular flexibility index (Phi) is 4.90. The number of carbonyl (C=O) groups is 1. The fraction of sp³-hybridized carbons (Fsp3) is 0.250. The van der Waals surface area contributed by atoms with Gasteiger partial charge < -0.3 is 24.9 Å². The van der Waals surface area contributed by atoms with E-state index in [9.17, 15) is 14.7 Å². The van der Waals surface area contributed by atoms with Gasteiger partial charge in [0, 0.05) is 12.3 Å². The highest BCUT2D eigenvalue weighted by Gasteiger charge is 2.16. The van der Waals surface area contributed by atoms with Crippen LogP contribution in [0.15, 0.2) is 35.3 Å². The predicted molar refractivity (Wildman–Crippen MR) is 84.2 cm³/mol. The molecule has 0 aliphatic carbocycles. The maximum Gasteiger partial charge on any atom is 0.257 e. The molecule has 1 atom stereocenters. The Morgan fingerprint density at radius 3 is 2.52 bits per heavy atom. The summed E-state index contributed by atoms with van der Waals surface area (Å²) >= 11 is 0. The van der Waals surface area contributed by atoms with Crippen LogP contribution in [-0.4, -0.2) is 30.2 Å². The zero-order valence-corrected chi connectivity index (χ0v) is 13.0. The van der Waals surface area contributed by atoms with Crippen LogP contribution in [0.3, 0.4) is 0 Å². The molecule has 1 amide bonds. The first kappa shape index (κ1) is 16.4. The topological polar surface area (TPSA) is 101 Å². The van der Waals surface area contributed by atoms with E-state index in [1.54, 1.807) is 32.2 Å². The van der Waals surface area contributed by atoms with Crippen LogP contribution in [0.1, 0.15) is 28.9 Å². The number of aromatic hydroxyl groups is 1. The van der Waals surface area contributed by atoms with E-state index < -0.39 is 11.5 Å².